The molecule has 20 heavy (non-hydrogen) atoms. The van der Waals surface area contributed by atoms with Crippen LogP contribution < -0.4 is 5.32 Å². The number of anilines is 1. The lowest BCUT2D eigenvalue weighted by molar-refractivity contribution is 0.0378. The van der Waals surface area contributed by atoms with E-state index in [-0.39, 0.29) is 0 Å². The summed E-state index contributed by atoms with van der Waals surface area (Å²) in [6.07, 6.45) is 4.47. The third-order valence-corrected chi connectivity index (χ3v) is 3.58. The first-order valence-corrected chi connectivity index (χ1v) is 7.01. The fourth-order valence-corrected chi connectivity index (χ4v) is 2.44. The summed E-state index contributed by atoms with van der Waals surface area (Å²) >= 11 is 0. The van der Waals surface area contributed by atoms with Crippen LogP contribution in [0.25, 0.3) is 11.0 Å². The van der Waals surface area contributed by atoms with Crippen LogP contribution >= 0.6 is 0 Å². The van der Waals surface area contributed by atoms with Crippen molar-refractivity contribution < 1.29 is 4.74 Å². The minimum atomic E-state index is 0.857. The number of aromatic nitrogens is 4. The summed E-state index contributed by atoms with van der Waals surface area (Å²) in [6.45, 7) is 5.79. The third kappa shape index (κ3) is 2.88. The molecule has 1 fully saturated rings. The minimum Gasteiger partial charge on any atom is -0.379 e. The Bertz CT molecular complexity index is 563. The molecule has 1 N–H and O–H groups in total. The van der Waals surface area contributed by atoms with E-state index < -0.39 is 0 Å². The molecular formula is C13H20N6O. The smallest absolute Gasteiger partial charge is 0.163 e. The van der Waals surface area contributed by atoms with Crippen molar-refractivity contribution in [2.75, 3.05) is 44.7 Å². The summed E-state index contributed by atoms with van der Waals surface area (Å²) in [7, 11) is 1.89. The third-order valence-electron chi connectivity index (χ3n) is 3.58. The maximum atomic E-state index is 5.34. The van der Waals surface area contributed by atoms with Gasteiger partial charge in [-0.2, -0.15) is 5.10 Å². The monoisotopic (exact) mass is 276 g/mol. The zero-order valence-electron chi connectivity index (χ0n) is 11.7. The van der Waals surface area contributed by atoms with Gasteiger partial charge in [0, 0.05) is 26.7 Å². The molecule has 0 spiro atoms. The molecule has 7 heteroatoms. The number of nitrogens with one attached hydrogen (secondary N) is 1. The van der Waals surface area contributed by atoms with Crippen LogP contribution in [0.2, 0.25) is 0 Å². The van der Waals surface area contributed by atoms with Gasteiger partial charge in [0.2, 0.25) is 0 Å². The molecule has 0 unspecified atom stereocenters. The Balaban J connectivity index is 1.52. The van der Waals surface area contributed by atoms with Crippen molar-refractivity contribution in [2.24, 2.45) is 7.05 Å². The summed E-state index contributed by atoms with van der Waals surface area (Å²) in [5.41, 5.74) is 0.857. The van der Waals surface area contributed by atoms with Gasteiger partial charge in [-0.15, -0.1) is 0 Å². The van der Waals surface area contributed by atoms with Crippen LogP contribution in [0.15, 0.2) is 12.5 Å². The summed E-state index contributed by atoms with van der Waals surface area (Å²) in [4.78, 5) is 11.0. The molecule has 3 rings (SSSR count). The lowest BCUT2D eigenvalue weighted by Gasteiger charge is -2.26. The van der Waals surface area contributed by atoms with Crippen LogP contribution in [0.5, 0.6) is 0 Å². The molecular weight excluding hydrogens is 256 g/mol. The van der Waals surface area contributed by atoms with E-state index in [1.807, 2.05) is 7.05 Å². The van der Waals surface area contributed by atoms with Gasteiger partial charge >= 0.3 is 0 Å². The fourth-order valence-electron chi connectivity index (χ4n) is 2.44. The molecule has 108 valence electrons. The second kappa shape index (κ2) is 6.15. The number of aryl methyl sites for hydroxylation is 1. The van der Waals surface area contributed by atoms with E-state index in [0.29, 0.717) is 0 Å². The van der Waals surface area contributed by atoms with Gasteiger partial charge in [-0.05, 0) is 13.0 Å². The fraction of sp³-hybridized carbons (Fsp3) is 0.615. The van der Waals surface area contributed by atoms with Crippen molar-refractivity contribution in [1.82, 2.24) is 24.6 Å². The van der Waals surface area contributed by atoms with E-state index in [1.165, 1.54) is 0 Å². The van der Waals surface area contributed by atoms with Crippen LogP contribution in [0.3, 0.4) is 0 Å². The molecule has 0 aliphatic carbocycles. The molecule has 0 aromatic carbocycles. The molecule has 3 heterocycles. The maximum Gasteiger partial charge on any atom is 0.163 e. The van der Waals surface area contributed by atoms with Crippen LogP contribution in [-0.2, 0) is 11.8 Å². The Kier molecular flexibility index (Phi) is 4.08. The summed E-state index contributed by atoms with van der Waals surface area (Å²) in [5.74, 6) is 0.866. The second-order valence-electron chi connectivity index (χ2n) is 4.96. The van der Waals surface area contributed by atoms with Gasteiger partial charge in [-0.25, -0.2) is 9.97 Å². The van der Waals surface area contributed by atoms with Crippen molar-refractivity contribution >= 4 is 16.9 Å². The van der Waals surface area contributed by atoms with E-state index in [1.54, 1.807) is 17.2 Å². The minimum absolute atomic E-state index is 0.857. The van der Waals surface area contributed by atoms with Gasteiger partial charge in [0.1, 0.15) is 12.1 Å². The second-order valence-corrected chi connectivity index (χ2v) is 4.96. The molecule has 0 saturated carbocycles. The molecule has 0 atom stereocenters. The average Bonchev–Trinajstić information content (AvgIpc) is 2.87. The van der Waals surface area contributed by atoms with E-state index in [4.69, 9.17) is 4.74 Å². The zero-order valence-corrected chi connectivity index (χ0v) is 11.7. The first-order chi connectivity index (χ1) is 9.84. The number of fused-ring (bicyclic) bond motifs is 1. The molecule has 1 aliphatic heterocycles. The van der Waals surface area contributed by atoms with Crippen molar-refractivity contribution in [3.63, 3.8) is 0 Å². The van der Waals surface area contributed by atoms with Crippen molar-refractivity contribution in [3.8, 4) is 0 Å². The molecule has 1 aliphatic rings. The highest BCUT2D eigenvalue weighted by Crippen LogP contribution is 2.17. The van der Waals surface area contributed by atoms with Crippen LogP contribution in [-0.4, -0.2) is 64.0 Å². The Labute approximate surface area is 117 Å². The molecule has 7 nitrogen and oxygen atoms in total. The highest BCUT2D eigenvalue weighted by molar-refractivity contribution is 5.85. The average molecular weight is 276 g/mol. The quantitative estimate of drug-likeness (QED) is 0.802. The SMILES string of the molecule is Cn1ncc2c(NCCCN3CCOCC3)ncnc21. The summed E-state index contributed by atoms with van der Waals surface area (Å²) in [5, 5.41) is 8.56. The van der Waals surface area contributed by atoms with Crippen molar-refractivity contribution in [2.45, 2.75) is 6.42 Å². The highest BCUT2D eigenvalue weighted by atomic mass is 16.5. The normalized spacial score (nSPS) is 16.6. The Morgan fingerprint density at radius 1 is 1.30 bits per heavy atom. The zero-order chi connectivity index (χ0) is 13.8. The molecule has 2 aromatic rings. The van der Waals surface area contributed by atoms with Gasteiger partial charge in [-0.1, -0.05) is 0 Å². The van der Waals surface area contributed by atoms with E-state index in [2.05, 4.69) is 25.3 Å². The van der Waals surface area contributed by atoms with Crippen molar-refractivity contribution in [3.05, 3.63) is 12.5 Å². The van der Waals surface area contributed by atoms with Crippen LogP contribution in [0, 0.1) is 0 Å². The highest BCUT2D eigenvalue weighted by Gasteiger charge is 2.10. The summed E-state index contributed by atoms with van der Waals surface area (Å²) in [6, 6.07) is 0. The van der Waals surface area contributed by atoms with Gasteiger partial charge in [0.15, 0.2) is 5.65 Å². The first-order valence-electron chi connectivity index (χ1n) is 7.01. The standard InChI is InChI=1S/C13H20N6O/c1-18-13-11(9-17-18)12(15-10-16-13)14-3-2-4-19-5-7-20-8-6-19/h9-10H,2-8H2,1H3,(H,14,15,16). The van der Waals surface area contributed by atoms with E-state index in [0.717, 1.165) is 62.7 Å². The predicted octanol–water partition coefficient (Wildman–Crippen LogP) is 0.497. The lowest BCUT2D eigenvalue weighted by Crippen LogP contribution is -2.37. The lowest BCUT2D eigenvalue weighted by atomic mass is 10.3. The Hall–Kier alpha value is -1.73. The number of hydrogen-bond donors (Lipinski definition) is 1. The van der Waals surface area contributed by atoms with E-state index >= 15 is 0 Å². The number of morpholine rings is 1. The molecule has 0 amide bonds. The van der Waals surface area contributed by atoms with E-state index in [9.17, 15) is 0 Å². The van der Waals surface area contributed by atoms with Gasteiger partial charge in [0.25, 0.3) is 0 Å². The van der Waals surface area contributed by atoms with Gasteiger partial charge in [0.05, 0.1) is 24.8 Å². The van der Waals surface area contributed by atoms with Crippen LogP contribution in [0.4, 0.5) is 5.82 Å². The van der Waals surface area contributed by atoms with Crippen molar-refractivity contribution in [1.29, 1.82) is 0 Å². The topological polar surface area (TPSA) is 68.1 Å². The molecule has 2 aromatic heterocycles. The Morgan fingerprint density at radius 2 is 2.15 bits per heavy atom. The number of rotatable bonds is 5. The molecule has 0 radical (unpaired) electrons. The predicted molar refractivity (Wildman–Crippen MR) is 76.7 cm³/mol. The molecule has 0 bridgehead atoms. The van der Waals surface area contributed by atoms with Gasteiger partial charge < -0.3 is 10.1 Å². The van der Waals surface area contributed by atoms with Gasteiger partial charge in [-0.3, -0.25) is 9.58 Å². The summed E-state index contributed by atoms with van der Waals surface area (Å²) < 4.78 is 7.10. The largest absolute Gasteiger partial charge is 0.379 e. The number of hydrogen-bond acceptors (Lipinski definition) is 6. The van der Waals surface area contributed by atoms with Crippen LogP contribution in [0.1, 0.15) is 6.42 Å². The number of ether oxygens (including phenoxy) is 1. The number of nitrogens with zero attached hydrogens (tertiary/aromatic N) is 5. The maximum absolute atomic E-state index is 5.34. The first kappa shape index (κ1) is 13.3. The molecule has 1 saturated heterocycles. The Morgan fingerprint density at radius 3 is 3.00 bits per heavy atom.